The summed E-state index contributed by atoms with van der Waals surface area (Å²) in [5.74, 6) is 0. The third-order valence-electron chi connectivity index (χ3n) is 3.49. The van der Waals surface area contributed by atoms with Gasteiger partial charge in [-0.1, -0.05) is 5.21 Å². The summed E-state index contributed by atoms with van der Waals surface area (Å²) in [5.41, 5.74) is 1.04. The van der Waals surface area contributed by atoms with Crippen LogP contribution in [0, 0.1) is 0 Å². The standard InChI is InChI=1S/C12H20N4O2/c1-2-12(18-5-1)10-16-9-11(13-14-16)8-15-3-6-17-7-4-15/h9,12H,1-8,10H2. The first-order valence-corrected chi connectivity index (χ1v) is 6.71. The molecule has 3 heterocycles. The van der Waals surface area contributed by atoms with Crippen LogP contribution < -0.4 is 0 Å². The maximum Gasteiger partial charge on any atom is 0.0967 e. The van der Waals surface area contributed by atoms with E-state index in [1.807, 2.05) is 10.9 Å². The fourth-order valence-electron chi connectivity index (χ4n) is 2.49. The van der Waals surface area contributed by atoms with E-state index in [0.717, 1.165) is 58.1 Å². The Morgan fingerprint density at radius 1 is 1.28 bits per heavy atom. The Morgan fingerprint density at radius 2 is 2.17 bits per heavy atom. The fourth-order valence-corrected chi connectivity index (χ4v) is 2.49. The van der Waals surface area contributed by atoms with Crippen molar-refractivity contribution in [3.8, 4) is 0 Å². The van der Waals surface area contributed by atoms with Gasteiger partial charge in [-0.15, -0.1) is 5.10 Å². The van der Waals surface area contributed by atoms with E-state index in [0.29, 0.717) is 6.10 Å². The molecule has 100 valence electrons. The molecule has 2 saturated heterocycles. The maximum absolute atomic E-state index is 5.60. The number of rotatable bonds is 4. The zero-order chi connectivity index (χ0) is 12.2. The van der Waals surface area contributed by atoms with Crippen molar-refractivity contribution in [2.75, 3.05) is 32.9 Å². The highest BCUT2D eigenvalue weighted by molar-refractivity contribution is 4.93. The van der Waals surface area contributed by atoms with Crippen molar-refractivity contribution < 1.29 is 9.47 Å². The third kappa shape index (κ3) is 3.07. The summed E-state index contributed by atoms with van der Waals surface area (Å²) in [6, 6.07) is 0. The molecule has 2 fully saturated rings. The van der Waals surface area contributed by atoms with Gasteiger partial charge >= 0.3 is 0 Å². The zero-order valence-electron chi connectivity index (χ0n) is 10.6. The van der Waals surface area contributed by atoms with Crippen LogP contribution in [0.2, 0.25) is 0 Å². The van der Waals surface area contributed by atoms with Gasteiger partial charge in [-0.2, -0.15) is 0 Å². The largest absolute Gasteiger partial charge is 0.379 e. The van der Waals surface area contributed by atoms with Crippen molar-refractivity contribution in [3.63, 3.8) is 0 Å². The quantitative estimate of drug-likeness (QED) is 0.771. The SMILES string of the molecule is c1c(CN2CCOCC2)nnn1CC1CCCO1. The summed E-state index contributed by atoms with van der Waals surface area (Å²) in [6.07, 6.45) is 4.67. The van der Waals surface area contributed by atoms with Crippen molar-refractivity contribution in [1.82, 2.24) is 19.9 Å². The average molecular weight is 252 g/mol. The van der Waals surface area contributed by atoms with Crippen LogP contribution in [0.25, 0.3) is 0 Å². The lowest BCUT2D eigenvalue weighted by atomic mass is 10.2. The van der Waals surface area contributed by atoms with E-state index in [9.17, 15) is 0 Å². The number of ether oxygens (including phenoxy) is 2. The molecule has 1 aromatic rings. The molecule has 6 nitrogen and oxygen atoms in total. The molecule has 0 amide bonds. The van der Waals surface area contributed by atoms with Crippen molar-refractivity contribution >= 4 is 0 Å². The second-order valence-electron chi connectivity index (χ2n) is 4.96. The molecule has 0 aliphatic carbocycles. The van der Waals surface area contributed by atoms with Crippen LogP contribution in [0.4, 0.5) is 0 Å². The number of aromatic nitrogens is 3. The van der Waals surface area contributed by atoms with Gasteiger partial charge in [-0.05, 0) is 12.8 Å². The van der Waals surface area contributed by atoms with Crippen molar-refractivity contribution in [2.24, 2.45) is 0 Å². The number of hydrogen-bond donors (Lipinski definition) is 0. The lowest BCUT2D eigenvalue weighted by molar-refractivity contribution is 0.0336. The van der Waals surface area contributed by atoms with E-state index in [-0.39, 0.29) is 0 Å². The molecule has 2 aliphatic rings. The first kappa shape index (κ1) is 12.1. The zero-order valence-corrected chi connectivity index (χ0v) is 10.6. The minimum atomic E-state index is 0.322. The van der Waals surface area contributed by atoms with E-state index in [1.165, 1.54) is 6.42 Å². The molecular weight excluding hydrogens is 232 g/mol. The van der Waals surface area contributed by atoms with Gasteiger partial charge in [0, 0.05) is 32.4 Å². The molecule has 0 radical (unpaired) electrons. The maximum atomic E-state index is 5.60. The molecule has 0 saturated carbocycles. The average Bonchev–Trinajstić information content (AvgIpc) is 3.03. The van der Waals surface area contributed by atoms with Crippen LogP contribution in [0.1, 0.15) is 18.5 Å². The summed E-state index contributed by atoms with van der Waals surface area (Å²) in [6.45, 7) is 6.20. The number of nitrogens with zero attached hydrogens (tertiary/aromatic N) is 4. The molecule has 18 heavy (non-hydrogen) atoms. The summed E-state index contributed by atoms with van der Waals surface area (Å²) in [5, 5.41) is 8.40. The van der Waals surface area contributed by atoms with Gasteiger partial charge in [0.2, 0.25) is 0 Å². The van der Waals surface area contributed by atoms with Crippen molar-refractivity contribution in [3.05, 3.63) is 11.9 Å². The highest BCUT2D eigenvalue weighted by Gasteiger charge is 2.17. The van der Waals surface area contributed by atoms with Crippen LogP contribution in [-0.2, 0) is 22.6 Å². The third-order valence-corrected chi connectivity index (χ3v) is 3.49. The second kappa shape index (κ2) is 5.77. The van der Waals surface area contributed by atoms with Gasteiger partial charge in [-0.25, -0.2) is 4.68 Å². The molecule has 0 spiro atoms. The molecule has 1 unspecified atom stereocenters. The predicted octanol–water partition coefficient (Wildman–Crippen LogP) is 0.289. The normalized spacial score (nSPS) is 25.7. The first-order valence-electron chi connectivity index (χ1n) is 6.71. The van der Waals surface area contributed by atoms with Crippen LogP contribution in [0.5, 0.6) is 0 Å². The van der Waals surface area contributed by atoms with Gasteiger partial charge in [0.1, 0.15) is 0 Å². The predicted molar refractivity (Wildman–Crippen MR) is 65.1 cm³/mol. The first-order chi connectivity index (χ1) is 8.90. The van der Waals surface area contributed by atoms with E-state index in [4.69, 9.17) is 9.47 Å². The Hall–Kier alpha value is -0.980. The van der Waals surface area contributed by atoms with Gasteiger partial charge in [0.05, 0.1) is 31.6 Å². The van der Waals surface area contributed by atoms with E-state index in [1.54, 1.807) is 0 Å². The topological polar surface area (TPSA) is 52.4 Å². The molecule has 0 bridgehead atoms. The van der Waals surface area contributed by atoms with Gasteiger partial charge in [0.25, 0.3) is 0 Å². The van der Waals surface area contributed by atoms with Crippen LogP contribution in [0.3, 0.4) is 0 Å². The lowest BCUT2D eigenvalue weighted by Crippen LogP contribution is -2.35. The molecule has 1 aromatic heterocycles. The van der Waals surface area contributed by atoms with Crippen molar-refractivity contribution in [2.45, 2.75) is 32.0 Å². The van der Waals surface area contributed by atoms with Crippen LogP contribution >= 0.6 is 0 Å². The molecule has 3 rings (SSSR count). The van der Waals surface area contributed by atoms with Crippen molar-refractivity contribution in [1.29, 1.82) is 0 Å². The monoisotopic (exact) mass is 252 g/mol. The van der Waals surface area contributed by atoms with Gasteiger partial charge in [-0.3, -0.25) is 4.90 Å². The highest BCUT2D eigenvalue weighted by atomic mass is 16.5. The van der Waals surface area contributed by atoms with E-state index < -0.39 is 0 Å². The second-order valence-corrected chi connectivity index (χ2v) is 4.96. The van der Waals surface area contributed by atoms with Gasteiger partial charge < -0.3 is 9.47 Å². The molecule has 1 atom stereocenters. The Labute approximate surface area is 107 Å². The fraction of sp³-hybridized carbons (Fsp3) is 0.833. The summed E-state index contributed by atoms with van der Waals surface area (Å²) < 4.78 is 12.8. The van der Waals surface area contributed by atoms with Crippen LogP contribution in [-0.4, -0.2) is 58.9 Å². The van der Waals surface area contributed by atoms with E-state index >= 15 is 0 Å². The summed E-state index contributed by atoms with van der Waals surface area (Å²) >= 11 is 0. The smallest absolute Gasteiger partial charge is 0.0967 e. The summed E-state index contributed by atoms with van der Waals surface area (Å²) in [4.78, 5) is 2.35. The Bertz CT molecular complexity index is 370. The lowest BCUT2D eigenvalue weighted by Gasteiger charge is -2.25. The Morgan fingerprint density at radius 3 is 2.94 bits per heavy atom. The molecule has 6 heteroatoms. The van der Waals surface area contributed by atoms with Gasteiger partial charge in [0.15, 0.2) is 0 Å². The Kier molecular flexibility index (Phi) is 3.87. The van der Waals surface area contributed by atoms with Crippen LogP contribution in [0.15, 0.2) is 6.20 Å². The molecule has 0 aromatic carbocycles. The number of morpholine rings is 1. The molecular formula is C12H20N4O2. The molecule has 2 aliphatic heterocycles. The minimum Gasteiger partial charge on any atom is -0.379 e. The molecule has 0 N–H and O–H groups in total. The summed E-state index contributed by atoms with van der Waals surface area (Å²) in [7, 11) is 0. The number of hydrogen-bond acceptors (Lipinski definition) is 5. The Balaban J connectivity index is 1.52. The van der Waals surface area contributed by atoms with E-state index in [2.05, 4.69) is 15.2 Å². The minimum absolute atomic E-state index is 0.322. The highest BCUT2D eigenvalue weighted by Crippen LogP contribution is 2.13.